The second kappa shape index (κ2) is 12.6. The number of nitrogens with two attached hydrogens (primary N) is 1. The first-order chi connectivity index (χ1) is 8.51. The van der Waals surface area contributed by atoms with Crippen LogP contribution in [0.5, 0.6) is 0 Å². The minimum atomic E-state index is -0.863. The van der Waals surface area contributed by atoms with E-state index in [-0.39, 0.29) is 50.2 Å². The van der Waals surface area contributed by atoms with Crippen LogP contribution in [0.4, 0.5) is 0 Å². The van der Waals surface area contributed by atoms with Crippen LogP contribution in [0, 0.1) is 0 Å². The summed E-state index contributed by atoms with van der Waals surface area (Å²) in [6.45, 7) is 2.02. The van der Waals surface area contributed by atoms with Crippen LogP contribution in [0.15, 0.2) is 0 Å². The van der Waals surface area contributed by atoms with E-state index in [2.05, 4.69) is 9.47 Å². The summed E-state index contributed by atoms with van der Waals surface area (Å²) in [5, 5.41) is 0. The molecule has 106 valence electrons. The SMILES string of the molecule is CCCCCC(=O)OC(=O)CCC(N)C(=O)OC.[H-].[Na+]. The smallest absolute Gasteiger partial charge is 1.00 e. The predicted octanol–water partition coefficient (Wildman–Crippen LogP) is -1.97. The normalized spacial score (nSPS) is 11.1. The average molecular weight is 283 g/mol. The van der Waals surface area contributed by atoms with Crippen molar-refractivity contribution in [2.45, 2.75) is 51.5 Å². The third kappa shape index (κ3) is 11.1. The third-order valence-electron chi connectivity index (χ3n) is 2.38. The van der Waals surface area contributed by atoms with Crippen LogP contribution in [0.25, 0.3) is 0 Å². The van der Waals surface area contributed by atoms with E-state index in [1.54, 1.807) is 0 Å². The van der Waals surface area contributed by atoms with Gasteiger partial charge in [-0.1, -0.05) is 19.8 Å². The van der Waals surface area contributed by atoms with Gasteiger partial charge < -0.3 is 16.6 Å². The molecular weight excluding hydrogens is 261 g/mol. The van der Waals surface area contributed by atoms with Crippen molar-refractivity contribution in [1.29, 1.82) is 0 Å². The Kier molecular flexibility index (Phi) is 13.8. The summed E-state index contributed by atoms with van der Waals surface area (Å²) in [6, 6.07) is -0.863. The Bertz CT molecular complexity index is 302. The van der Waals surface area contributed by atoms with Gasteiger partial charge in [0, 0.05) is 12.8 Å². The zero-order valence-corrected chi connectivity index (χ0v) is 13.9. The maximum absolute atomic E-state index is 11.3. The number of carbonyl (C=O) groups is 3. The van der Waals surface area contributed by atoms with Crippen molar-refractivity contribution < 1.29 is 54.8 Å². The van der Waals surface area contributed by atoms with Crippen molar-refractivity contribution in [3.8, 4) is 0 Å². The monoisotopic (exact) mass is 283 g/mol. The maximum Gasteiger partial charge on any atom is 1.00 e. The summed E-state index contributed by atoms with van der Waals surface area (Å²) in [7, 11) is 1.22. The topological polar surface area (TPSA) is 95.7 Å². The van der Waals surface area contributed by atoms with Crippen LogP contribution in [-0.4, -0.2) is 31.1 Å². The van der Waals surface area contributed by atoms with Crippen molar-refractivity contribution in [1.82, 2.24) is 0 Å². The zero-order chi connectivity index (χ0) is 14.0. The molecule has 0 saturated heterocycles. The van der Waals surface area contributed by atoms with Gasteiger partial charge in [-0.25, -0.2) is 0 Å². The van der Waals surface area contributed by atoms with Gasteiger partial charge in [-0.3, -0.25) is 14.4 Å². The number of ether oxygens (including phenoxy) is 2. The molecule has 2 N–H and O–H groups in total. The van der Waals surface area contributed by atoms with Gasteiger partial charge in [0.15, 0.2) is 0 Å². The van der Waals surface area contributed by atoms with Crippen LogP contribution in [0.3, 0.4) is 0 Å². The third-order valence-corrected chi connectivity index (χ3v) is 2.38. The summed E-state index contributed by atoms with van der Waals surface area (Å²) >= 11 is 0. The molecule has 6 nitrogen and oxygen atoms in total. The molecule has 19 heavy (non-hydrogen) atoms. The largest absolute Gasteiger partial charge is 1.00 e. The molecule has 0 aromatic heterocycles. The fourth-order valence-corrected chi connectivity index (χ4v) is 1.29. The summed E-state index contributed by atoms with van der Waals surface area (Å²) < 4.78 is 8.98. The number of rotatable bonds is 8. The number of carbonyl (C=O) groups excluding carboxylic acids is 3. The van der Waals surface area contributed by atoms with Crippen molar-refractivity contribution in [3.63, 3.8) is 0 Å². The molecule has 0 saturated carbocycles. The standard InChI is InChI=1S/C12H21NO5.Na.H/c1-3-4-5-6-10(14)18-11(15)8-7-9(13)12(16)17-2;;/h9H,3-8,13H2,1-2H3;;/q;+1;-1. The Balaban J connectivity index is -0.00000144. The van der Waals surface area contributed by atoms with E-state index in [4.69, 9.17) is 5.73 Å². The molecule has 0 fully saturated rings. The minimum absolute atomic E-state index is 0. The van der Waals surface area contributed by atoms with E-state index in [0.717, 1.165) is 12.8 Å². The molecule has 0 spiro atoms. The molecule has 0 aromatic rings. The number of esters is 3. The van der Waals surface area contributed by atoms with Gasteiger partial charge in [-0.05, 0) is 12.8 Å². The van der Waals surface area contributed by atoms with E-state index in [1.165, 1.54) is 7.11 Å². The number of hydrogen-bond donors (Lipinski definition) is 1. The van der Waals surface area contributed by atoms with Crippen LogP contribution >= 0.6 is 0 Å². The number of methoxy groups -OCH3 is 1. The van der Waals surface area contributed by atoms with Gasteiger partial charge in [0.2, 0.25) is 0 Å². The van der Waals surface area contributed by atoms with Crippen molar-refractivity contribution >= 4 is 17.9 Å². The Labute approximate surface area is 137 Å². The molecule has 7 heteroatoms. The fraction of sp³-hybridized carbons (Fsp3) is 0.750. The van der Waals surface area contributed by atoms with Crippen LogP contribution < -0.4 is 35.3 Å². The summed E-state index contributed by atoms with van der Waals surface area (Å²) in [4.78, 5) is 33.4. The van der Waals surface area contributed by atoms with Gasteiger partial charge in [0.05, 0.1) is 7.11 Å². The number of unbranched alkanes of at least 4 members (excludes halogenated alkanes) is 2. The van der Waals surface area contributed by atoms with Crippen molar-refractivity contribution in [2.75, 3.05) is 7.11 Å². The molecule has 0 aliphatic carbocycles. The Morgan fingerprint density at radius 1 is 1.16 bits per heavy atom. The van der Waals surface area contributed by atoms with Crippen LogP contribution in [-0.2, 0) is 23.9 Å². The van der Waals surface area contributed by atoms with Crippen molar-refractivity contribution in [3.05, 3.63) is 0 Å². The Hall–Kier alpha value is -0.430. The van der Waals surface area contributed by atoms with Gasteiger partial charge in [0.25, 0.3) is 0 Å². The molecule has 0 radical (unpaired) electrons. The molecule has 0 aliphatic heterocycles. The molecule has 0 rings (SSSR count). The Morgan fingerprint density at radius 3 is 2.26 bits per heavy atom. The predicted molar refractivity (Wildman–Crippen MR) is 65.6 cm³/mol. The van der Waals surface area contributed by atoms with E-state index >= 15 is 0 Å². The van der Waals surface area contributed by atoms with E-state index < -0.39 is 23.9 Å². The minimum Gasteiger partial charge on any atom is -1.00 e. The van der Waals surface area contributed by atoms with E-state index in [1.807, 2.05) is 6.92 Å². The van der Waals surface area contributed by atoms with Crippen molar-refractivity contribution in [2.24, 2.45) is 5.73 Å². The van der Waals surface area contributed by atoms with Gasteiger partial charge >= 0.3 is 47.5 Å². The van der Waals surface area contributed by atoms with Crippen LogP contribution in [0.2, 0.25) is 0 Å². The molecular formula is C12H22NNaO5. The molecule has 0 bridgehead atoms. The fourth-order valence-electron chi connectivity index (χ4n) is 1.29. The molecule has 0 amide bonds. The van der Waals surface area contributed by atoms with E-state index in [9.17, 15) is 14.4 Å². The number of hydrogen-bond acceptors (Lipinski definition) is 6. The van der Waals surface area contributed by atoms with Gasteiger partial charge in [-0.2, -0.15) is 0 Å². The second-order valence-electron chi connectivity index (χ2n) is 3.97. The molecule has 1 atom stereocenters. The summed E-state index contributed by atoms with van der Waals surface area (Å²) in [5.41, 5.74) is 5.44. The van der Waals surface area contributed by atoms with Gasteiger partial charge in [0.1, 0.15) is 6.04 Å². The quantitative estimate of drug-likeness (QED) is 0.240. The van der Waals surface area contributed by atoms with E-state index in [0.29, 0.717) is 6.42 Å². The average Bonchev–Trinajstić information content (AvgIpc) is 2.35. The molecule has 0 aliphatic rings. The van der Waals surface area contributed by atoms with Gasteiger partial charge in [-0.15, -0.1) is 0 Å². The Morgan fingerprint density at radius 2 is 1.74 bits per heavy atom. The second-order valence-corrected chi connectivity index (χ2v) is 3.97. The zero-order valence-electron chi connectivity index (χ0n) is 12.9. The first-order valence-corrected chi connectivity index (χ1v) is 6.08. The first kappa shape index (κ1) is 20.9. The first-order valence-electron chi connectivity index (χ1n) is 6.08. The maximum atomic E-state index is 11.3. The summed E-state index contributed by atoms with van der Waals surface area (Å²) in [5.74, 6) is -1.77. The molecule has 1 unspecified atom stereocenters. The van der Waals surface area contributed by atoms with Crippen LogP contribution in [0.1, 0.15) is 46.9 Å². The summed E-state index contributed by atoms with van der Waals surface area (Å²) in [6.07, 6.45) is 2.90. The molecule has 0 heterocycles. The molecule has 0 aromatic carbocycles.